The number of hydrogen-bond acceptors (Lipinski definition) is 5. The largest absolute Gasteiger partial charge is 0.389 e. The van der Waals surface area contributed by atoms with E-state index >= 15 is 0 Å². The van der Waals surface area contributed by atoms with Crippen LogP contribution in [-0.2, 0) is 11.2 Å². The Hall–Kier alpha value is -2.94. The zero-order valence-electron chi connectivity index (χ0n) is 17.3. The summed E-state index contributed by atoms with van der Waals surface area (Å²) in [7, 11) is 3.25. The van der Waals surface area contributed by atoms with Crippen molar-refractivity contribution in [1.82, 2.24) is 10.2 Å². The number of fused-ring (bicyclic) bond motifs is 1. The molecule has 0 saturated heterocycles. The Morgan fingerprint density at radius 2 is 1.90 bits per heavy atom. The van der Waals surface area contributed by atoms with Gasteiger partial charge in [0, 0.05) is 44.4 Å². The van der Waals surface area contributed by atoms with Crippen molar-refractivity contribution in [3.63, 3.8) is 0 Å². The van der Waals surface area contributed by atoms with Crippen molar-refractivity contribution in [2.45, 2.75) is 25.6 Å². The molecular weight excluding hydrogens is 362 g/mol. The van der Waals surface area contributed by atoms with E-state index in [2.05, 4.69) is 69.7 Å². The maximum atomic E-state index is 9.74. The summed E-state index contributed by atoms with van der Waals surface area (Å²) in [6, 6.07) is 15.0. The Balaban J connectivity index is 0.000000755. The standard InChI is InChI=1S/C22H23N3O.C2H6O/c1-16(26)22-24-12-14-25(22)13-2-3-17-4-6-18(7-5-17)19-8-9-21-20(15-19)10-11-23-21;1-3-2/h4-9,12,14-16,22-24,26H,10-11,13H2,1H3;1-2H3. The zero-order valence-corrected chi connectivity index (χ0v) is 17.3. The van der Waals surface area contributed by atoms with Crippen molar-refractivity contribution in [3.05, 3.63) is 66.0 Å². The summed E-state index contributed by atoms with van der Waals surface area (Å²) in [5.74, 6) is 6.39. The van der Waals surface area contributed by atoms with Gasteiger partial charge in [0.15, 0.2) is 0 Å². The second-order valence-electron chi connectivity index (χ2n) is 7.18. The van der Waals surface area contributed by atoms with Crippen LogP contribution in [0.2, 0.25) is 0 Å². The van der Waals surface area contributed by atoms with E-state index in [4.69, 9.17) is 0 Å². The van der Waals surface area contributed by atoms with Crippen molar-refractivity contribution in [1.29, 1.82) is 0 Å². The molecule has 0 fully saturated rings. The predicted molar refractivity (Wildman–Crippen MR) is 118 cm³/mol. The fraction of sp³-hybridized carbons (Fsp3) is 0.333. The Morgan fingerprint density at radius 3 is 2.62 bits per heavy atom. The third-order valence-electron chi connectivity index (χ3n) is 4.87. The molecule has 2 unspecified atom stereocenters. The fourth-order valence-electron chi connectivity index (χ4n) is 3.46. The second kappa shape index (κ2) is 10.0. The van der Waals surface area contributed by atoms with Gasteiger partial charge in [0.05, 0.1) is 12.6 Å². The van der Waals surface area contributed by atoms with E-state index in [1.807, 2.05) is 17.3 Å². The van der Waals surface area contributed by atoms with E-state index in [0.717, 1.165) is 18.5 Å². The van der Waals surface area contributed by atoms with E-state index in [9.17, 15) is 5.11 Å². The molecule has 4 rings (SSSR count). The van der Waals surface area contributed by atoms with E-state index in [1.54, 1.807) is 21.1 Å². The highest BCUT2D eigenvalue weighted by Crippen LogP contribution is 2.28. The number of aliphatic hydroxyl groups excluding tert-OH is 1. The van der Waals surface area contributed by atoms with Gasteiger partial charge in [-0.15, -0.1) is 0 Å². The number of methoxy groups -OCH3 is 1. The Kier molecular flexibility index (Phi) is 7.18. The van der Waals surface area contributed by atoms with Gasteiger partial charge in [0.25, 0.3) is 0 Å². The van der Waals surface area contributed by atoms with Crippen LogP contribution < -0.4 is 10.6 Å². The average molecular weight is 392 g/mol. The van der Waals surface area contributed by atoms with Crippen molar-refractivity contribution in [2.75, 3.05) is 32.6 Å². The number of nitrogens with one attached hydrogen (secondary N) is 2. The number of ether oxygens (including phenoxy) is 1. The van der Waals surface area contributed by atoms with Gasteiger partial charge in [-0.2, -0.15) is 0 Å². The molecular formula is C24H29N3O2. The normalized spacial score (nSPS) is 17.2. The monoisotopic (exact) mass is 391 g/mol. The van der Waals surface area contributed by atoms with E-state index in [1.165, 1.54) is 22.4 Å². The molecule has 0 spiro atoms. The molecule has 2 aliphatic rings. The molecule has 0 amide bonds. The van der Waals surface area contributed by atoms with Crippen LogP contribution in [0.15, 0.2) is 54.9 Å². The molecule has 2 aliphatic heterocycles. The summed E-state index contributed by atoms with van der Waals surface area (Å²) in [6.07, 6.45) is 4.33. The molecule has 2 aromatic rings. The average Bonchev–Trinajstić information content (AvgIpc) is 3.38. The SMILES string of the molecule is CC(O)C1NC=CN1CC#Cc1ccc(-c2ccc3c(c2)CCN3)cc1.COC. The van der Waals surface area contributed by atoms with Gasteiger partial charge in [-0.3, -0.25) is 0 Å². The molecule has 0 saturated carbocycles. The molecule has 29 heavy (non-hydrogen) atoms. The zero-order chi connectivity index (χ0) is 20.6. The van der Waals surface area contributed by atoms with E-state index < -0.39 is 6.10 Å². The lowest BCUT2D eigenvalue weighted by atomic mass is 10.0. The Morgan fingerprint density at radius 1 is 1.17 bits per heavy atom. The number of aliphatic hydroxyl groups is 1. The summed E-state index contributed by atoms with van der Waals surface area (Å²) >= 11 is 0. The van der Waals surface area contributed by atoms with Crippen LogP contribution in [0, 0.1) is 11.8 Å². The molecule has 5 heteroatoms. The molecule has 0 bridgehead atoms. The smallest absolute Gasteiger partial charge is 0.125 e. The maximum Gasteiger partial charge on any atom is 0.125 e. The third kappa shape index (κ3) is 5.32. The highest BCUT2D eigenvalue weighted by Gasteiger charge is 2.21. The van der Waals surface area contributed by atoms with Crippen LogP contribution in [0.4, 0.5) is 5.69 Å². The molecule has 152 valence electrons. The van der Waals surface area contributed by atoms with Crippen LogP contribution in [0.25, 0.3) is 11.1 Å². The van der Waals surface area contributed by atoms with Crippen molar-refractivity contribution >= 4 is 5.69 Å². The lowest BCUT2D eigenvalue weighted by molar-refractivity contribution is 0.0928. The third-order valence-corrected chi connectivity index (χ3v) is 4.87. The van der Waals surface area contributed by atoms with Crippen LogP contribution in [0.1, 0.15) is 18.1 Å². The summed E-state index contributed by atoms with van der Waals surface area (Å²) in [5, 5.41) is 16.3. The number of benzene rings is 2. The van der Waals surface area contributed by atoms with Gasteiger partial charge >= 0.3 is 0 Å². The van der Waals surface area contributed by atoms with Crippen LogP contribution >= 0.6 is 0 Å². The Bertz CT molecular complexity index is 895. The number of anilines is 1. The minimum absolute atomic E-state index is 0.0963. The second-order valence-corrected chi connectivity index (χ2v) is 7.18. The molecule has 5 nitrogen and oxygen atoms in total. The summed E-state index contributed by atoms with van der Waals surface area (Å²) in [4.78, 5) is 2.00. The number of hydrogen-bond donors (Lipinski definition) is 3. The molecule has 0 radical (unpaired) electrons. The van der Waals surface area contributed by atoms with Crippen LogP contribution in [0.3, 0.4) is 0 Å². The van der Waals surface area contributed by atoms with Crippen LogP contribution in [0.5, 0.6) is 0 Å². The van der Waals surface area contributed by atoms with Gasteiger partial charge in [0.1, 0.15) is 6.17 Å². The van der Waals surface area contributed by atoms with Gasteiger partial charge in [-0.25, -0.2) is 0 Å². The number of nitrogens with zero attached hydrogens (tertiary/aromatic N) is 1. The van der Waals surface area contributed by atoms with Gasteiger partial charge < -0.3 is 25.4 Å². The first-order chi connectivity index (χ1) is 14.1. The lowest BCUT2D eigenvalue weighted by Crippen LogP contribution is -2.43. The molecule has 2 heterocycles. The summed E-state index contributed by atoms with van der Waals surface area (Å²) in [6.45, 7) is 3.39. The first-order valence-electron chi connectivity index (χ1n) is 9.85. The highest BCUT2D eigenvalue weighted by atomic mass is 16.4. The lowest BCUT2D eigenvalue weighted by Gasteiger charge is -2.25. The first kappa shape index (κ1) is 20.8. The van der Waals surface area contributed by atoms with Gasteiger partial charge in [-0.1, -0.05) is 30.0 Å². The topological polar surface area (TPSA) is 56.8 Å². The molecule has 0 aromatic heterocycles. The van der Waals surface area contributed by atoms with Crippen molar-refractivity contribution in [3.8, 4) is 23.0 Å². The quantitative estimate of drug-likeness (QED) is 0.703. The fourth-order valence-corrected chi connectivity index (χ4v) is 3.46. The molecule has 0 aliphatic carbocycles. The highest BCUT2D eigenvalue weighted by molar-refractivity contribution is 5.70. The van der Waals surface area contributed by atoms with Crippen LogP contribution in [-0.4, -0.2) is 49.6 Å². The summed E-state index contributed by atoms with van der Waals surface area (Å²) in [5.41, 5.74) is 6.12. The van der Waals surface area contributed by atoms with Gasteiger partial charge in [-0.05, 0) is 54.3 Å². The predicted octanol–water partition coefficient (Wildman–Crippen LogP) is 3.02. The molecule has 2 aromatic carbocycles. The Labute approximate surface area is 173 Å². The minimum atomic E-state index is -0.450. The minimum Gasteiger partial charge on any atom is -0.389 e. The van der Waals surface area contributed by atoms with E-state index in [-0.39, 0.29) is 6.17 Å². The van der Waals surface area contributed by atoms with Crippen molar-refractivity contribution in [2.24, 2.45) is 0 Å². The summed E-state index contributed by atoms with van der Waals surface area (Å²) < 4.78 is 4.25. The number of rotatable bonds is 3. The molecule has 3 N–H and O–H groups in total. The van der Waals surface area contributed by atoms with Gasteiger partial charge in [0.2, 0.25) is 0 Å². The molecule has 2 atom stereocenters. The maximum absolute atomic E-state index is 9.74. The first-order valence-corrected chi connectivity index (χ1v) is 9.85. The van der Waals surface area contributed by atoms with E-state index in [0.29, 0.717) is 6.54 Å². The van der Waals surface area contributed by atoms with Crippen molar-refractivity contribution < 1.29 is 9.84 Å².